The van der Waals surface area contributed by atoms with Gasteiger partial charge >= 0.3 is 0 Å². The molecule has 19 heavy (non-hydrogen) atoms. The van der Waals surface area contributed by atoms with Gasteiger partial charge in [-0.05, 0) is 23.6 Å². The number of amides is 1. The predicted molar refractivity (Wildman–Crippen MR) is 83.8 cm³/mol. The van der Waals surface area contributed by atoms with Crippen LogP contribution in [0.1, 0.15) is 10.4 Å². The third-order valence-electron chi connectivity index (χ3n) is 2.80. The van der Waals surface area contributed by atoms with Crippen molar-refractivity contribution in [1.82, 2.24) is 0 Å². The lowest BCUT2D eigenvalue weighted by Gasteiger charge is -2.17. The maximum atomic E-state index is 12.2. The molecular weight excluding hydrogens is 276 g/mol. The second-order valence-electron chi connectivity index (χ2n) is 4.12. The lowest BCUT2D eigenvalue weighted by Crippen LogP contribution is -2.27. The minimum Gasteiger partial charge on any atom is -0.389 e. The molecule has 0 aliphatic carbocycles. The molecule has 2 rings (SSSR count). The molecule has 2 aromatic rings. The number of benzene rings is 1. The van der Waals surface area contributed by atoms with Crippen LogP contribution in [0.2, 0.25) is 0 Å². The van der Waals surface area contributed by atoms with Crippen molar-refractivity contribution in [1.29, 1.82) is 0 Å². The molecule has 0 atom stereocenters. The van der Waals surface area contributed by atoms with Crippen molar-refractivity contribution >= 4 is 40.1 Å². The monoisotopic (exact) mass is 290 g/mol. The van der Waals surface area contributed by atoms with Crippen molar-refractivity contribution in [3.8, 4) is 0 Å². The number of thiophene rings is 1. The number of thiocarbonyl (C=S) groups is 1. The van der Waals surface area contributed by atoms with E-state index in [9.17, 15) is 4.79 Å². The molecule has 0 saturated heterocycles. The number of anilines is 1. The molecule has 98 valence electrons. The molecular formula is C14H14N2OS2. The van der Waals surface area contributed by atoms with Crippen molar-refractivity contribution in [2.24, 2.45) is 5.73 Å². The minimum absolute atomic E-state index is 0.0440. The van der Waals surface area contributed by atoms with E-state index in [0.29, 0.717) is 11.4 Å². The second-order valence-corrected chi connectivity index (χ2v) is 5.60. The molecule has 1 aromatic carbocycles. The van der Waals surface area contributed by atoms with Gasteiger partial charge in [0, 0.05) is 23.2 Å². The Kier molecular flexibility index (Phi) is 4.29. The van der Waals surface area contributed by atoms with Gasteiger partial charge in [-0.25, -0.2) is 0 Å². The number of carbonyl (C=O) groups is 1. The smallest absolute Gasteiger partial charge is 0.231 e. The van der Waals surface area contributed by atoms with Crippen LogP contribution in [0.3, 0.4) is 0 Å². The second kappa shape index (κ2) is 5.95. The van der Waals surface area contributed by atoms with E-state index in [-0.39, 0.29) is 5.91 Å². The first-order chi connectivity index (χ1) is 9.08. The summed E-state index contributed by atoms with van der Waals surface area (Å²) in [5.41, 5.74) is 7.16. The van der Waals surface area contributed by atoms with Gasteiger partial charge in [0.05, 0.1) is 6.42 Å². The van der Waals surface area contributed by atoms with E-state index in [4.69, 9.17) is 18.0 Å². The van der Waals surface area contributed by atoms with Crippen LogP contribution in [-0.4, -0.2) is 17.9 Å². The zero-order valence-electron chi connectivity index (χ0n) is 10.5. The summed E-state index contributed by atoms with van der Waals surface area (Å²) in [6, 6.07) is 11.3. The average molecular weight is 290 g/mol. The molecule has 1 aromatic heterocycles. The first-order valence-electron chi connectivity index (χ1n) is 5.76. The van der Waals surface area contributed by atoms with Crippen LogP contribution in [-0.2, 0) is 11.2 Å². The van der Waals surface area contributed by atoms with Crippen LogP contribution in [0.5, 0.6) is 0 Å². The molecule has 1 heterocycles. The number of nitrogens with two attached hydrogens (primary N) is 1. The molecule has 0 spiro atoms. The summed E-state index contributed by atoms with van der Waals surface area (Å²) in [5.74, 6) is 0.0440. The van der Waals surface area contributed by atoms with Crippen molar-refractivity contribution < 1.29 is 4.79 Å². The zero-order valence-corrected chi connectivity index (χ0v) is 12.1. The van der Waals surface area contributed by atoms with E-state index < -0.39 is 0 Å². The molecule has 0 saturated carbocycles. The molecule has 5 heteroatoms. The van der Waals surface area contributed by atoms with Crippen LogP contribution >= 0.6 is 23.6 Å². The Morgan fingerprint density at radius 1 is 1.37 bits per heavy atom. The van der Waals surface area contributed by atoms with Gasteiger partial charge in [0.15, 0.2) is 0 Å². The predicted octanol–water partition coefficient (Wildman–Crippen LogP) is 2.59. The summed E-state index contributed by atoms with van der Waals surface area (Å²) in [6.45, 7) is 0. The number of rotatable bonds is 4. The summed E-state index contributed by atoms with van der Waals surface area (Å²) in [6.07, 6.45) is 0.408. The van der Waals surface area contributed by atoms with Gasteiger partial charge in [-0.3, -0.25) is 4.79 Å². The third kappa shape index (κ3) is 3.39. The van der Waals surface area contributed by atoms with E-state index >= 15 is 0 Å². The number of carbonyl (C=O) groups excluding carboxylic acids is 1. The maximum absolute atomic E-state index is 12.2. The van der Waals surface area contributed by atoms with Gasteiger partial charge in [-0.2, -0.15) is 0 Å². The Balaban J connectivity index is 2.14. The Bertz CT molecular complexity index is 593. The Labute approximate surface area is 121 Å². The standard InChI is InChI=1S/C14H14N2OS2/c1-16(13(17)9-12-6-3-7-19-12)11-5-2-4-10(8-11)14(15)18/h2-8H,9H2,1H3,(H2,15,18). The summed E-state index contributed by atoms with van der Waals surface area (Å²) in [5, 5.41) is 1.97. The normalized spacial score (nSPS) is 10.2. The van der Waals surface area contributed by atoms with Gasteiger partial charge in [0.2, 0.25) is 5.91 Å². The largest absolute Gasteiger partial charge is 0.389 e. The number of hydrogen-bond donors (Lipinski definition) is 1. The lowest BCUT2D eigenvalue weighted by molar-refractivity contribution is -0.117. The topological polar surface area (TPSA) is 46.3 Å². The molecule has 0 aliphatic heterocycles. The molecule has 0 unspecified atom stereocenters. The van der Waals surface area contributed by atoms with Crippen LogP contribution in [0, 0.1) is 0 Å². The third-order valence-corrected chi connectivity index (χ3v) is 3.91. The van der Waals surface area contributed by atoms with E-state index in [1.165, 1.54) is 0 Å². The molecule has 3 nitrogen and oxygen atoms in total. The Hall–Kier alpha value is -1.72. The van der Waals surface area contributed by atoms with E-state index in [0.717, 1.165) is 16.1 Å². The van der Waals surface area contributed by atoms with Crippen molar-refractivity contribution in [3.05, 3.63) is 52.2 Å². The van der Waals surface area contributed by atoms with Crippen LogP contribution in [0.25, 0.3) is 0 Å². The fourth-order valence-corrected chi connectivity index (χ4v) is 2.52. The van der Waals surface area contributed by atoms with Crippen LogP contribution < -0.4 is 10.6 Å². The fraction of sp³-hybridized carbons (Fsp3) is 0.143. The first-order valence-corrected chi connectivity index (χ1v) is 7.05. The maximum Gasteiger partial charge on any atom is 0.231 e. The summed E-state index contributed by atoms with van der Waals surface area (Å²) < 4.78 is 0. The molecule has 0 fully saturated rings. The van der Waals surface area contributed by atoms with Gasteiger partial charge in [0.1, 0.15) is 4.99 Å². The van der Waals surface area contributed by atoms with Crippen molar-refractivity contribution in [2.45, 2.75) is 6.42 Å². The highest BCUT2D eigenvalue weighted by Gasteiger charge is 2.12. The van der Waals surface area contributed by atoms with Gasteiger partial charge in [0.25, 0.3) is 0 Å². The Morgan fingerprint density at radius 3 is 2.79 bits per heavy atom. The van der Waals surface area contributed by atoms with Gasteiger partial charge < -0.3 is 10.6 Å². The SMILES string of the molecule is CN(C(=O)Cc1cccs1)c1cccc(C(N)=S)c1. The van der Waals surface area contributed by atoms with E-state index in [1.807, 2.05) is 41.8 Å². The van der Waals surface area contributed by atoms with Crippen LogP contribution in [0.15, 0.2) is 41.8 Å². The molecule has 1 amide bonds. The quantitative estimate of drug-likeness (QED) is 0.880. The van der Waals surface area contributed by atoms with Crippen molar-refractivity contribution in [3.63, 3.8) is 0 Å². The fourth-order valence-electron chi connectivity index (χ4n) is 1.69. The highest BCUT2D eigenvalue weighted by molar-refractivity contribution is 7.80. The lowest BCUT2D eigenvalue weighted by atomic mass is 10.2. The number of nitrogens with zero attached hydrogens (tertiary/aromatic N) is 1. The average Bonchev–Trinajstić information content (AvgIpc) is 2.90. The molecule has 2 N–H and O–H groups in total. The summed E-state index contributed by atoms with van der Waals surface area (Å²) in [7, 11) is 1.76. The summed E-state index contributed by atoms with van der Waals surface area (Å²) >= 11 is 6.53. The molecule has 0 radical (unpaired) electrons. The molecule has 0 aliphatic rings. The minimum atomic E-state index is 0.0440. The van der Waals surface area contributed by atoms with Gasteiger partial charge in [-0.15, -0.1) is 11.3 Å². The van der Waals surface area contributed by atoms with Crippen LogP contribution in [0.4, 0.5) is 5.69 Å². The number of hydrogen-bond acceptors (Lipinski definition) is 3. The summed E-state index contributed by atoms with van der Waals surface area (Å²) in [4.78, 5) is 15.2. The van der Waals surface area contributed by atoms with E-state index in [1.54, 1.807) is 23.3 Å². The Morgan fingerprint density at radius 2 is 2.16 bits per heavy atom. The zero-order chi connectivity index (χ0) is 13.8. The van der Waals surface area contributed by atoms with E-state index in [2.05, 4.69) is 0 Å². The van der Waals surface area contributed by atoms with Crippen molar-refractivity contribution in [2.75, 3.05) is 11.9 Å². The molecule has 0 bridgehead atoms. The number of likely N-dealkylation sites (N-methyl/N-ethyl adjacent to an activating group) is 1. The highest BCUT2D eigenvalue weighted by atomic mass is 32.1. The first kappa shape index (κ1) is 13.7. The van der Waals surface area contributed by atoms with Gasteiger partial charge in [-0.1, -0.05) is 30.4 Å². The highest BCUT2D eigenvalue weighted by Crippen LogP contribution is 2.17.